The van der Waals surface area contributed by atoms with Crippen LogP contribution in [0.25, 0.3) is 0 Å². The molecule has 2 rings (SSSR count). The third-order valence-corrected chi connectivity index (χ3v) is 2.77. The van der Waals surface area contributed by atoms with E-state index in [0.29, 0.717) is 11.5 Å². The van der Waals surface area contributed by atoms with E-state index in [1.165, 1.54) is 0 Å². The maximum absolute atomic E-state index is 11.8. The van der Waals surface area contributed by atoms with Crippen LogP contribution in [0.3, 0.4) is 0 Å². The second-order valence-electron chi connectivity index (χ2n) is 4.27. The fourth-order valence-corrected chi connectivity index (χ4v) is 1.58. The van der Waals surface area contributed by atoms with Gasteiger partial charge in [0.1, 0.15) is 0 Å². The van der Waals surface area contributed by atoms with Crippen LogP contribution in [0.5, 0.6) is 0 Å². The summed E-state index contributed by atoms with van der Waals surface area (Å²) in [6.07, 6.45) is 2.82. The summed E-state index contributed by atoms with van der Waals surface area (Å²) in [5, 5.41) is 0. The van der Waals surface area contributed by atoms with Crippen molar-refractivity contribution in [3.05, 3.63) is 29.6 Å². The number of carbonyl (C=O) groups excluding carboxylic acids is 1. The quantitative estimate of drug-likeness (QED) is 0.738. The van der Waals surface area contributed by atoms with Crippen LogP contribution >= 0.6 is 0 Å². The van der Waals surface area contributed by atoms with E-state index in [0.717, 1.165) is 25.2 Å². The van der Waals surface area contributed by atoms with Crippen molar-refractivity contribution in [1.29, 1.82) is 0 Å². The molecule has 0 atom stereocenters. The molecule has 0 aromatic carbocycles. The monoisotopic (exact) mass is 204 g/mol. The molecule has 0 spiro atoms. The van der Waals surface area contributed by atoms with Crippen molar-refractivity contribution in [1.82, 2.24) is 9.88 Å². The first-order chi connectivity index (χ1) is 7.18. The van der Waals surface area contributed by atoms with E-state index in [2.05, 4.69) is 18.8 Å². The molecule has 2 heterocycles. The number of nitrogens with zero attached hydrogens (tertiary/aromatic N) is 2. The maximum Gasteiger partial charge on any atom is 0.255 e. The minimum absolute atomic E-state index is 0.115. The van der Waals surface area contributed by atoms with Gasteiger partial charge in [-0.1, -0.05) is 13.8 Å². The Hall–Kier alpha value is -1.38. The van der Waals surface area contributed by atoms with Crippen molar-refractivity contribution >= 4 is 5.91 Å². The molecular formula is C12H16N2O. The molecule has 0 unspecified atom stereocenters. The van der Waals surface area contributed by atoms with Crippen LogP contribution in [-0.2, 0) is 0 Å². The molecule has 3 nitrogen and oxygen atoms in total. The summed E-state index contributed by atoms with van der Waals surface area (Å²) < 4.78 is 0. The second-order valence-corrected chi connectivity index (χ2v) is 4.27. The second kappa shape index (κ2) is 4.01. The lowest BCUT2D eigenvalue weighted by Gasteiger charge is -2.30. The van der Waals surface area contributed by atoms with Gasteiger partial charge >= 0.3 is 0 Å². The third kappa shape index (κ3) is 2.01. The molecule has 0 bridgehead atoms. The molecule has 0 N–H and O–H groups in total. The van der Waals surface area contributed by atoms with E-state index in [1.54, 1.807) is 6.20 Å². The standard InChI is InChI=1S/C12H16N2O/c1-9(2)11-5-4-10(8-13-11)12(15)14-6-3-7-14/h4-5,8-9H,3,6-7H2,1-2H3. The van der Waals surface area contributed by atoms with Gasteiger partial charge in [-0.3, -0.25) is 9.78 Å². The number of carbonyl (C=O) groups is 1. The Balaban J connectivity index is 2.12. The van der Waals surface area contributed by atoms with Gasteiger partial charge in [0, 0.05) is 25.0 Å². The molecule has 1 aliphatic heterocycles. The summed E-state index contributed by atoms with van der Waals surface area (Å²) in [4.78, 5) is 17.9. The SMILES string of the molecule is CC(C)c1ccc(C(=O)N2CCC2)cn1. The summed E-state index contributed by atoms with van der Waals surface area (Å²) in [6, 6.07) is 3.82. The number of pyridine rings is 1. The Bertz CT molecular complexity index is 352. The van der Waals surface area contributed by atoms with Gasteiger partial charge in [0.05, 0.1) is 5.56 Å². The highest BCUT2D eigenvalue weighted by Crippen LogP contribution is 2.15. The molecule has 1 fully saturated rings. The Morgan fingerprint density at radius 3 is 2.53 bits per heavy atom. The zero-order valence-electron chi connectivity index (χ0n) is 9.23. The molecule has 15 heavy (non-hydrogen) atoms. The molecule has 1 aromatic rings. The number of likely N-dealkylation sites (tertiary alicyclic amines) is 1. The van der Waals surface area contributed by atoms with Crippen molar-refractivity contribution in [2.45, 2.75) is 26.2 Å². The molecular weight excluding hydrogens is 188 g/mol. The fourth-order valence-electron chi connectivity index (χ4n) is 1.58. The van der Waals surface area contributed by atoms with Gasteiger partial charge in [0.25, 0.3) is 5.91 Å². The number of rotatable bonds is 2. The summed E-state index contributed by atoms with van der Waals surface area (Å²) >= 11 is 0. The van der Waals surface area contributed by atoms with Crippen LogP contribution in [0.15, 0.2) is 18.3 Å². The first-order valence-electron chi connectivity index (χ1n) is 5.43. The van der Waals surface area contributed by atoms with E-state index in [4.69, 9.17) is 0 Å². The van der Waals surface area contributed by atoms with E-state index in [-0.39, 0.29) is 5.91 Å². The maximum atomic E-state index is 11.8. The summed E-state index contributed by atoms with van der Waals surface area (Å²) in [7, 11) is 0. The summed E-state index contributed by atoms with van der Waals surface area (Å²) in [5.41, 5.74) is 1.74. The number of amides is 1. The van der Waals surface area contributed by atoms with Gasteiger partial charge in [0.2, 0.25) is 0 Å². The molecule has 0 radical (unpaired) electrons. The lowest BCUT2D eigenvalue weighted by Crippen LogP contribution is -2.42. The lowest BCUT2D eigenvalue weighted by atomic mass is 10.1. The van der Waals surface area contributed by atoms with Crippen LogP contribution in [0, 0.1) is 0 Å². The van der Waals surface area contributed by atoms with Gasteiger partial charge in [-0.25, -0.2) is 0 Å². The van der Waals surface area contributed by atoms with Gasteiger partial charge in [0.15, 0.2) is 0 Å². The highest BCUT2D eigenvalue weighted by molar-refractivity contribution is 5.94. The van der Waals surface area contributed by atoms with Gasteiger partial charge < -0.3 is 4.90 Å². The smallest absolute Gasteiger partial charge is 0.255 e. The zero-order valence-corrected chi connectivity index (χ0v) is 9.23. The van der Waals surface area contributed by atoms with Crippen LogP contribution in [0.2, 0.25) is 0 Å². The molecule has 1 amide bonds. The van der Waals surface area contributed by atoms with Gasteiger partial charge in [-0.15, -0.1) is 0 Å². The van der Waals surface area contributed by atoms with Crippen LogP contribution < -0.4 is 0 Å². The first-order valence-corrected chi connectivity index (χ1v) is 5.43. The largest absolute Gasteiger partial charge is 0.338 e. The Morgan fingerprint density at radius 1 is 1.40 bits per heavy atom. The molecule has 0 saturated carbocycles. The summed E-state index contributed by atoms with van der Waals surface area (Å²) in [6.45, 7) is 5.98. The molecule has 0 aliphatic carbocycles. The minimum atomic E-state index is 0.115. The summed E-state index contributed by atoms with van der Waals surface area (Å²) in [5.74, 6) is 0.530. The molecule has 80 valence electrons. The van der Waals surface area contributed by atoms with E-state index < -0.39 is 0 Å². The van der Waals surface area contributed by atoms with Gasteiger partial charge in [-0.05, 0) is 24.5 Å². The van der Waals surface area contributed by atoms with Crippen molar-refractivity contribution in [2.75, 3.05) is 13.1 Å². The Labute approximate surface area is 90.1 Å². The fraction of sp³-hybridized carbons (Fsp3) is 0.500. The first kappa shape index (κ1) is 10.1. The van der Waals surface area contributed by atoms with Crippen molar-refractivity contribution in [3.63, 3.8) is 0 Å². The Morgan fingerprint density at radius 2 is 2.13 bits per heavy atom. The van der Waals surface area contributed by atoms with Crippen LogP contribution in [-0.4, -0.2) is 28.9 Å². The predicted molar refractivity (Wildman–Crippen MR) is 58.8 cm³/mol. The number of hydrogen-bond acceptors (Lipinski definition) is 2. The molecule has 1 aliphatic rings. The number of aromatic nitrogens is 1. The van der Waals surface area contributed by atoms with Crippen LogP contribution in [0.4, 0.5) is 0 Å². The van der Waals surface area contributed by atoms with Crippen molar-refractivity contribution < 1.29 is 4.79 Å². The Kier molecular flexibility index (Phi) is 2.71. The van der Waals surface area contributed by atoms with Crippen LogP contribution in [0.1, 0.15) is 42.2 Å². The average Bonchev–Trinajstić information content (AvgIpc) is 2.15. The lowest BCUT2D eigenvalue weighted by molar-refractivity contribution is 0.0651. The normalized spacial score (nSPS) is 15.3. The third-order valence-electron chi connectivity index (χ3n) is 2.77. The van der Waals surface area contributed by atoms with E-state index in [1.807, 2.05) is 17.0 Å². The molecule has 1 saturated heterocycles. The number of hydrogen-bond donors (Lipinski definition) is 0. The zero-order chi connectivity index (χ0) is 10.8. The highest BCUT2D eigenvalue weighted by Gasteiger charge is 2.21. The predicted octanol–water partition coefficient (Wildman–Crippen LogP) is 2.05. The van der Waals surface area contributed by atoms with E-state index >= 15 is 0 Å². The molecule has 1 aromatic heterocycles. The average molecular weight is 204 g/mol. The topological polar surface area (TPSA) is 33.2 Å². The van der Waals surface area contributed by atoms with Crippen molar-refractivity contribution in [3.8, 4) is 0 Å². The highest BCUT2D eigenvalue weighted by atomic mass is 16.2. The van der Waals surface area contributed by atoms with Gasteiger partial charge in [-0.2, -0.15) is 0 Å². The van der Waals surface area contributed by atoms with E-state index in [9.17, 15) is 4.79 Å². The minimum Gasteiger partial charge on any atom is -0.338 e. The van der Waals surface area contributed by atoms with Crippen molar-refractivity contribution in [2.24, 2.45) is 0 Å². The molecule has 3 heteroatoms.